The summed E-state index contributed by atoms with van der Waals surface area (Å²) in [6, 6.07) is 13.9. The van der Waals surface area contributed by atoms with Crippen molar-refractivity contribution in [1.82, 2.24) is 0 Å². The summed E-state index contributed by atoms with van der Waals surface area (Å²) >= 11 is 15.7. The maximum atomic E-state index is 6.21. The summed E-state index contributed by atoms with van der Waals surface area (Å²) < 4.78 is 1.00. The van der Waals surface area contributed by atoms with Crippen molar-refractivity contribution in [2.24, 2.45) is 0 Å². The van der Waals surface area contributed by atoms with E-state index in [-0.39, 0.29) is 6.04 Å². The molecule has 0 bridgehead atoms. The molecule has 0 heterocycles. The van der Waals surface area contributed by atoms with E-state index in [1.54, 1.807) is 0 Å². The number of hydrogen-bond donors (Lipinski definition) is 1. The number of halogens is 3. The molecule has 1 unspecified atom stereocenters. The number of nitrogens with one attached hydrogen (secondary N) is 1. The van der Waals surface area contributed by atoms with E-state index in [0.717, 1.165) is 27.2 Å². The molecule has 2 aromatic carbocycles. The Balaban J connectivity index is 2.26. The first kappa shape index (κ1) is 14.7. The van der Waals surface area contributed by atoms with Gasteiger partial charge in [0, 0.05) is 9.50 Å². The Labute approximate surface area is 132 Å². The van der Waals surface area contributed by atoms with E-state index in [2.05, 4.69) is 34.2 Å². The summed E-state index contributed by atoms with van der Waals surface area (Å²) in [5.41, 5.74) is 2.08. The molecule has 1 atom stereocenters. The average molecular weight is 359 g/mol. The number of anilines is 1. The van der Waals surface area contributed by atoms with Gasteiger partial charge in [-0.25, -0.2) is 0 Å². The predicted octanol–water partition coefficient (Wildman–Crippen LogP) is 6.32. The average Bonchev–Trinajstić information content (AvgIpc) is 2.39. The van der Waals surface area contributed by atoms with E-state index in [0.29, 0.717) is 5.02 Å². The Morgan fingerprint density at radius 1 is 1.16 bits per heavy atom. The van der Waals surface area contributed by atoms with Gasteiger partial charge in [0.2, 0.25) is 0 Å². The minimum absolute atomic E-state index is 0.186. The summed E-state index contributed by atoms with van der Waals surface area (Å²) in [7, 11) is 0. The van der Waals surface area contributed by atoms with Crippen LogP contribution in [-0.2, 0) is 0 Å². The van der Waals surface area contributed by atoms with Crippen LogP contribution in [-0.4, -0.2) is 0 Å². The van der Waals surface area contributed by atoms with Crippen LogP contribution in [0.25, 0.3) is 0 Å². The van der Waals surface area contributed by atoms with Gasteiger partial charge in [-0.3, -0.25) is 0 Å². The van der Waals surface area contributed by atoms with Gasteiger partial charge in [-0.1, -0.05) is 58.2 Å². The van der Waals surface area contributed by atoms with Crippen LogP contribution in [0.2, 0.25) is 10.0 Å². The number of rotatable bonds is 4. The van der Waals surface area contributed by atoms with Crippen LogP contribution >= 0.6 is 39.1 Å². The zero-order valence-corrected chi connectivity index (χ0v) is 13.6. The highest BCUT2D eigenvalue weighted by Crippen LogP contribution is 2.31. The van der Waals surface area contributed by atoms with Gasteiger partial charge in [0.25, 0.3) is 0 Å². The maximum absolute atomic E-state index is 6.21. The second-order valence-electron chi connectivity index (χ2n) is 4.28. The Hall–Kier alpha value is -0.700. The van der Waals surface area contributed by atoms with Gasteiger partial charge in [0.15, 0.2) is 0 Å². The van der Waals surface area contributed by atoms with Crippen LogP contribution in [0.3, 0.4) is 0 Å². The largest absolute Gasteiger partial charge is 0.377 e. The zero-order valence-electron chi connectivity index (χ0n) is 10.5. The molecule has 0 aliphatic heterocycles. The number of hydrogen-bond acceptors (Lipinski definition) is 1. The van der Waals surface area contributed by atoms with Crippen LogP contribution in [0.1, 0.15) is 24.9 Å². The molecule has 0 saturated heterocycles. The molecule has 0 spiro atoms. The standard InChI is InChI=1S/C15H14BrCl2N/c1-2-14(10-4-3-5-12(17)8-10)19-15-9-11(16)6-7-13(15)18/h3-9,14,19H,2H2,1H3. The minimum atomic E-state index is 0.186. The molecule has 1 nitrogen and oxygen atoms in total. The van der Waals surface area contributed by atoms with Crippen molar-refractivity contribution in [3.8, 4) is 0 Å². The third-order valence-electron chi connectivity index (χ3n) is 2.92. The van der Waals surface area contributed by atoms with Crippen LogP contribution < -0.4 is 5.32 Å². The lowest BCUT2D eigenvalue weighted by Crippen LogP contribution is -2.10. The summed E-state index contributed by atoms with van der Waals surface area (Å²) in [5.74, 6) is 0. The SMILES string of the molecule is CCC(Nc1cc(Br)ccc1Cl)c1cccc(Cl)c1. The Bertz CT molecular complexity index is 572. The lowest BCUT2D eigenvalue weighted by Gasteiger charge is -2.20. The predicted molar refractivity (Wildman–Crippen MR) is 87.3 cm³/mol. The Morgan fingerprint density at radius 3 is 2.63 bits per heavy atom. The van der Waals surface area contributed by atoms with Gasteiger partial charge in [0.05, 0.1) is 16.8 Å². The van der Waals surface area contributed by atoms with E-state index in [1.807, 2.05) is 36.4 Å². The fourth-order valence-corrected chi connectivity index (χ4v) is 2.67. The van der Waals surface area contributed by atoms with E-state index in [9.17, 15) is 0 Å². The summed E-state index contributed by atoms with van der Waals surface area (Å²) in [5, 5.41) is 4.92. The molecular formula is C15H14BrCl2N. The smallest absolute Gasteiger partial charge is 0.0638 e. The zero-order chi connectivity index (χ0) is 13.8. The second-order valence-corrected chi connectivity index (χ2v) is 6.04. The Kier molecular flexibility index (Phi) is 5.14. The van der Waals surface area contributed by atoms with Gasteiger partial charge >= 0.3 is 0 Å². The molecule has 100 valence electrons. The van der Waals surface area contributed by atoms with Gasteiger partial charge < -0.3 is 5.32 Å². The highest BCUT2D eigenvalue weighted by Gasteiger charge is 2.11. The fourth-order valence-electron chi connectivity index (χ4n) is 1.94. The molecule has 0 amide bonds. The molecule has 0 radical (unpaired) electrons. The first-order valence-electron chi connectivity index (χ1n) is 6.07. The van der Waals surface area contributed by atoms with E-state index < -0.39 is 0 Å². The monoisotopic (exact) mass is 357 g/mol. The summed E-state index contributed by atoms with van der Waals surface area (Å²) in [6.45, 7) is 2.13. The van der Waals surface area contributed by atoms with Crippen molar-refractivity contribution in [2.75, 3.05) is 5.32 Å². The highest BCUT2D eigenvalue weighted by atomic mass is 79.9. The normalized spacial score (nSPS) is 12.2. The maximum Gasteiger partial charge on any atom is 0.0638 e. The molecule has 0 aliphatic carbocycles. The summed E-state index contributed by atoms with van der Waals surface area (Å²) in [4.78, 5) is 0. The van der Waals surface area contributed by atoms with E-state index in [1.165, 1.54) is 0 Å². The van der Waals surface area contributed by atoms with Crippen molar-refractivity contribution >= 4 is 44.8 Å². The third-order valence-corrected chi connectivity index (χ3v) is 3.98. The minimum Gasteiger partial charge on any atom is -0.377 e. The first-order valence-corrected chi connectivity index (χ1v) is 7.62. The second kappa shape index (κ2) is 6.65. The van der Waals surface area contributed by atoms with E-state index in [4.69, 9.17) is 23.2 Å². The van der Waals surface area contributed by atoms with Crippen LogP contribution in [0.15, 0.2) is 46.9 Å². The fraction of sp³-hybridized carbons (Fsp3) is 0.200. The van der Waals surface area contributed by atoms with Crippen LogP contribution in [0.4, 0.5) is 5.69 Å². The lowest BCUT2D eigenvalue weighted by molar-refractivity contribution is 0.749. The van der Waals surface area contributed by atoms with Crippen molar-refractivity contribution in [1.29, 1.82) is 0 Å². The molecule has 19 heavy (non-hydrogen) atoms. The quantitative estimate of drug-likeness (QED) is 0.674. The Morgan fingerprint density at radius 2 is 1.95 bits per heavy atom. The van der Waals surface area contributed by atoms with Crippen molar-refractivity contribution in [2.45, 2.75) is 19.4 Å². The molecule has 2 aromatic rings. The molecule has 1 N–H and O–H groups in total. The van der Waals surface area contributed by atoms with Crippen molar-refractivity contribution in [3.05, 3.63) is 62.5 Å². The molecular weight excluding hydrogens is 345 g/mol. The number of benzene rings is 2. The van der Waals surface area contributed by atoms with Gasteiger partial charge in [-0.05, 0) is 42.3 Å². The van der Waals surface area contributed by atoms with Gasteiger partial charge in [-0.2, -0.15) is 0 Å². The molecule has 2 rings (SSSR count). The molecule has 0 fully saturated rings. The third kappa shape index (κ3) is 3.88. The molecule has 4 heteroatoms. The topological polar surface area (TPSA) is 12.0 Å². The molecule has 0 aliphatic rings. The molecule has 0 aromatic heterocycles. The highest BCUT2D eigenvalue weighted by molar-refractivity contribution is 9.10. The van der Waals surface area contributed by atoms with Gasteiger partial charge in [0.1, 0.15) is 0 Å². The molecule has 0 saturated carbocycles. The summed E-state index contributed by atoms with van der Waals surface area (Å²) in [6.07, 6.45) is 0.948. The van der Waals surface area contributed by atoms with Crippen LogP contribution in [0, 0.1) is 0 Å². The van der Waals surface area contributed by atoms with Crippen molar-refractivity contribution < 1.29 is 0 Å². The van der Waals surface area contributed by atoms with E-state index >= 15 is 0 Å². The van der Waals surface area contributed by atoms with Gasteiger partial charge in [-0.15, -0.1) is 0 Å². The lowest BCUT2D eigenvalue weighted by atomic mass is 10.0. The first-order chi connectivity index (χ1) is 9.10. The van der Waals surface area contributed by atoms with Crippen molar-refractivity contribution in [3.63, 3.8) is 0 Å². The van der Waals surface area contributed by atoms with Crippen LogP contribution in [0.5, 0.6) is 0 Å².